The van der Waals surface area contributed by atoms with Gasteiger partial charge in [-0.1, -0.05) is 11.6 Å². The summed E-state index contributed by atoms with van der Waals surface area (Å²) in [5.41, 5.74) is 1.17. The van der Waals surface area contributed by atoms with E-state index in [9.17, 15) is 20.1 Å². The summed E-state index contributed by atoms with van der Waals surface area (Å²) in [6.45, 7) is 8.96. The minimum atomic E-state index is -1.10. The Hall–Kier alpha value is -2.11. The molecule has 0 fully saturated rings. The lowest BCUT2D eigenvalue weighted by atomic mass is 9.91. The van der Waals surface area contributed by atoms with Gasteiger partial charge < -0.3 is 20.1 Å². The summed E-state index contributed by atoms with van der Waals surface area (Å²) < 4.78 is 6.15. The van der Waals surface area contributed by atoms with Gasteiger partial charge in [-0.2, -0.15) is 0 Å². The average Bonchev–Trinajstić information content (AvgIpc) is 2.58. The molecule has 1 aliphatic rings. The van der Waals surface area contributed by atoms with Crippen LogP contribution in [0.4, 0.5) is 0 Å². The Kier molecular flexibility index (Phi) is 6.73. The van der Waals surface area contributed by atoms with E-state index in [4.69, 9.17) is 4.74 Å². The molecule has 154 valence electrons. The zero-order valence-electron chi connectivity index (χ0n) is 17.5. The molecule has 28 heavy (non-hydrogen) atoms. The number of hydrogen-bond donors (Lipinski definition) is 3. The predicted molar refractivity (Wildman–Crippen MR) is 111 cm³/mol. The Morgan fingerprint density at radius 2 is 2.07 bits per heavy atom. The van der Waals surface area contributed by atoms with E-state index in [1.165, 1.54) is 0 Å². The second-order valence-electron chi connectivity index (χ2n) is 8.53. The maximum absolute atomic E-state index is 11.5. The number of ether oxygens (including phenoxy) is 1. The van der Waals surface area contributed by atoms with Crippen molar-refractivity contribution in [1.29, 1.82) is 0 Å². The number of carbonyl (C=O) groups excluding carboxylic acids is 1. The van der Waals surface area contributed by atoms with Gasteiger partial charge in [-0.25, -0.2) is 0 Å². The molecule has 2 atom stereocenters. The van der Waals surface area contributed by atoms with E-state index in [2.05, 4.69) is 6.08 Å². The standard InChI is InChI=1S/C23H32O5/c1-15(8-9-20(26)22(3,4)27)7-6-11-23(5)12-10-17-19(25)13-16(2)18(14-24)21(17)28-23/h7,10,12-14,20,25-27H,6,8-9,11H2,1-5H3/b15-7-/t20-,23+/m1/s1. The van der Waals surface area contributed by atoms with Gasteiger partial charge in [-0.05, 0) is 84.1 Å². The van der Waals surface area contributed by atoms with Crippen molar-refractivity contribution in [1.82, 2.24) is 0 Å². The molecular weight excluding hydrogens is 356 g/mol. The number of phenols is 1. The number of phenolic OH excluding ortho intramolecular Hbond substituents is 1. The number of benzene rings is 1. The van der Waals surface area contributed by atoms with Gasteiger partial charge in [0.05, 0.1) is 22.8 Å². The molecule has 1 heterocycles. The van der Waals surface area contributed by atoms with Gasteiger partial charge in [0.1, 0.15) is 17.1 Å². The van der Waals surface area contributed by atoms with Crippen LogP contribution in [0.25, 0.3) is 6.08 Å². The fourth-order valence-electron chi connectivity index (χ4n) is 3.30. The van der Waals surface area contributed by atoms with Gasteiger partial charge in [0, 0.05) is 0 Å². The lowest BCUT2D eigenvalue weighted by molar-refractivity contribution is -0.0509. The summed E-state index contributed by atoms with van der Waals surface area (Å²) in [5.74, 6) is 0.545. The Morgan fingerprint density at radius 3 is 2.68 bits per heavy atom. The van der Waals surface area contributed by atoms with Crippen LogP contribution in [-0.4, -0.2) is 38.9 Å². The van der Waals surface area contributed by atoms with E-state index in [-0.39, 0.29) is 5.75 Å². The molecule has 0 spiro atoms. The Labute approximate surface area is 167 Å². The highest BCUT2D eigenvalue weighted by atomic mass is 16.5. The molecule has 1 aliphatic heterocycles. The first-order chi connectivity index (χ1) is 13.0. The van der Waals surface area contributed by atoms with Crippen molar-refractivity contribution in [2.24, 2.45) is 0 Å². The Bertz CT molecular complexity index is 785. The monoisotopic (exact) mass is 388 g/mol. The fourth-order valence-corrected chi connectivity index (χ4v) is 3.30. The lowest BCUT2D eigenvalue weighted by Gasteiger charge is -2.33. The van der Waals surface area contributed by atoms with Crippen LogP contribution in [-0.2, 0) is 0 Å². The molecule has 0 saturated carbocycles. The Morgan fingerprint density at radius 1 is 1.39 bits per heavy atom. The average molecular weight is 389 g/mol. The number of aromatic hydroxyl groups is 1. The largest absolute Gasteiger partial charge is 0.507 e. The minimum absolute atomic E-state index is 0.109. The zero-order chi connectivity index (χ0) is 21.1. The summed E-state index contributed by atoms with van der Waals surface area (Å²) in [4.78, 5) is 11.5. The third-order valence-electron chi connectivity index (χ3n) is 5.36. The maximum atomic E-state index is 11.5. The van der Waals surface area contributed by atoms with Crippen molar-refractivity contribution < 1.29 is 24.9 Å². The first-order valence-electron chi connectivity index (χ1n) is 9.73. The molecule has 2 rings (SSSR count). The number of allylic oxidation sites excluding steroid dienone is 2. The first kappa shape index (κ1) is 22.2. The van der Waals surface area contributed by atoms with Gasteiger partial charge in [0.25, 0.3) is 0 Å². The molecule has 1 aromatic carbocycles. The maximum Gasteiger partial charge on any atom is 0.154 e. The number of fused-ring (bicyclic) bond motifs is 1. The summed E-state index contributed by atoms with van der Waals surface area (Å²) in [5, 5.41) is 29.9. The molecular formula is C23H32O5. The zero-order valence-corrected chi connectivity index (χ0v) is 17.5. The fraction of sp³-hybridized carbons (Fsp3) is 0.522. The van der Waals surface area contributed by atoms with Crippen molar-refractivity contribution in [3.63, 3.8) is 0 Å². The van der Waals surface area contributed by atoms with Crippen LogP contribution in [0.5, 0.6) is 11.5 Å². The third kappa shape index (κ3) is 5.24. The molecule has 1 aromatic rings. The van der Waals surface area contributed by atoms with Crippen molar-refractivity contribution in [2.45, 2.75) is 77.6 Å². The van der Waals surface area contributed by atoms with Crippen LogP contribution in [0.1, 0.15) is 74.9 Å². The van der Waals surface area contributed by atoms with Crippen LogP contribution in [0.3, 0.4) is 0 Å². The van der Waals surface area contributed by atoms with Crippen molar-refractivity contribution >= 4 is 12.4 Å². The summed E-state index contributed by atoms with van der Waals surface area (Å²) in [6, 6.07) is 1.58. The number of aliphatic hydroxyl groups is 2. The van der Waals surface area contributed by atoms with Crippen LogP contribution >= 0.6 is 0 Å². The van der Waals surface area contributed by atoms with Crippen LogP contribution in [0, 0.1) is 6.92 Å². The van der Waals surface area contributed by atoms with E-state index >= 15 is 0 Å². The number of hydrogen-bond acceptors (Lipinski definition) is 5. The number of rotatable bonds is 8. The molecule has 0 amide bonds. The minimum Gasteiger partial charge on any atom is -0.507 e. The second-order valence-corrected chi connectivity index (χ2v) is 8.53. The molecule has 3 N–H and O–H groups in total. The molecule has 0 aromatic heterocycles. The number of aldehydes is 1. The lowest BCUT2D eigenvalue weighted by Crippen LogP contribution is -2.35. The van der Waals surface area contributed by atoms with Gasteiger partial charge in [-0.15, -0.1) is 0 Å². The molecule has 0 aliphatic carbocycles. The summed E-state index contributed by atoms with van der Waals surface area (Å²) >= 11 is 0. The third-order valence-corrected chi connectivity index (χ3v) is 5.36. The van der Waals surface area contributed by atoms with Crippen molar-refractivity contribution in [3.05, 3.63) is 40.5 Å². The predicted octanol–water partition coefficient (Wildman–Crippen LogP) is 4.32. The highest BCUT2D eigenvalue weighted by Crippen LogP contribution is 2.41. The SMILES string of the molecule is C/C(=C/CC[C@@]1(C)C=Cc2c(O)cc(C)c(C=O)c2O1)CC[C@@H](O)C(C)(C)O. The summed E-state index contributed by atoms with van der Waals surface area (Å²) in [6.07, 6.45) is 8.56. The van der Waals surface area contributed by atoms with Crippen LogP contribution < -0.4 is 4.74 Å². The molecule has 0 saturated heterocycles. The number of carbonyl (C=O) groups is 1. The van der Waals surface area contributed by atoms with Crippen molar-refractivity contribution in [3.8, 4) is 11.5 Å². The van der Waals surface area contributed by atoms with Gasteiger partial charge in [0.2, 0.25) is 0 Å². The first-order valence-corrected chi connectivity index (χ1v) is 9.73. The molecule has 0 bridgehead atoms. The highest BCUT2D eigenvalue weighted by Gasteiger charge is 2.30. The normalized spacial score (nSPS) is 20.5. The van der Waals surface area contributed by atoms with Gasteiger partial charge in [0.15, 0.2) is 6.29 Å². The molecule has 5 nitrogen and oxygen atoms in total. The van der Waals surface area contributed by atoms with E-state index in [1.807, 2.05) is 26.0 Å². The van der Waals surface area contributed by atoms with E-state index < -0.39 is 17.3 Å². The van der Waals surface area contributed by atoms with E-state index in [1.54, 1.807) is 26.8 Å². The topological polar surface area (TPSA) is 87.0 Å². The second kappa shape index (κ2) is 8.50. The van der Waals surface area contributed by atoms with Crippen LogP contribution in [0.2, 0.25) is 0 Å². The van der Waals surface area contributed by atoms with Crippen molar-refractivity contribution in [2.75, 3.05) is 0 Å². The molecule has 0 unspecified atom stereocenters. The van der Waals surface area contributed by atoms with Gasteiger partial charge in [-0.3, -0.25) is 4.79 Å². The quantitative estimate of drug-likeness (QED) is 0.456. The molecule has 5 heteroatoms. The number of aryl methyl sites for hydroxylation is 1. The Balaban J connectivity index is 2.02. The van der Waals surface area contributed by atoms with Gasteiger partial charge >= 0.3 is 0 Å². The molecule has 0 radical (unpaired) electrons. The van der Waals surface area contributed by atoms with E-state index in [0.717, 1.165) is 18.3 Å². The number of aliphatic hydroxyl groups excluding tert-OH is 1. The highest BCUT2D eigenvalue weighted by molar-refractivity contribution is 5.87. The summed E-state index contributed by atoms with van der Waals surface area (Å²) in [7, 11) is 0. The van der Waals surface area contributed by atoms with Crippen LogP contribution in [0.15, 0.2) is 23.8 Å². The van der Waals surface area contributed by atoms with E-state index in [0.29, 0.717) is 41.7 Å². The smallest absolute Gasteiger partial charge is 0.154 e.